The second kappa shape index (κ2) is 7.44. The maximum Gasteiger partial charge on any atom is 0.326 e. The zero-order valence-corrected chi connectivity index (χ0v) is 17.1. The number of hydrogen-bond acceptors (Lipinski definition) is 8. The minimum absolute atomic E-state index is 0.0506. The molecular formula is C17H18N2O8S2. The van der Waals surface area contributed by atoms with Crippen LogP contribution in [0.4, 0.5) is 5.69 Å². The van der Waals surface area contributed by atoms with Crippen molar-refractivity contribution in [3.8, 4) is 17.2 Å². The van der Waals surface area contributed by atoms with Crippen molar-refractivity contribution in [2.45, 2.75) is 6.42 Å². The number of aromatic hydroxyl groups is 1. The summed E-state index contributed by atoms with van der Waals surface area (Å²) in [7, 11) is -6.35. The van der Waals surface area contributed by atoms with Crippen LogP contribution >= 0.6 is 0 Å². The number of benzene rings is 2. The van der Waals surface area contributed by atoms with Crippen molar-refractivity contribution < 1.29 is 35.7 Å². The summed E-state index contributed by atoms with van der Waals surface area (Å²) in [4.78, 5) is 11.4. The second-order valence-electron chi connectivity index (χ2n) is 6.30. The number of nitrogens with one attached hydrogen (secondary N) is 1. The van der Waals surface area contributed by atoms with Crippen molar-refractivity contribution in [1.29, 1.82) is 0 Å². The molecule has 0 unspecified atom stereocenters. The quantitative estimate of drug-likeness (QED) is 0.617. The van der Waals surface area contributed by atoms with E-state index >= 15 is 0 Å². The van der Waals surface area contributed by atoms with Crippen LogP contribution in [0.2, 0.25) is 0 Å². The fourth-order valence-corrected chi connectivity index (χ4v) is 4.49. The molecule has 0 saturated carbocycles. The molecule has 0 spiro atoms. The van der Waals surface area contributed by atoms with Crippen LogP contribution in [-0.4, -0.2) is 47.8 Å². The van der Waals surface area contributed by atoms with Gasteiger partial charge in [0, 0.05) is 12.0 Å². The smallest absolute Gasteiger partial charge is 0.326 e. The average Bonchev–Trinajstić information content (AvgIpc) is 2.87. The number of phenolic OH excluding ortho intramolecular Hbond substituents is 1. The Morgan fingerprint density at radius 1 is 1.21 bits per heavy atom. The van der Waals surface area contributed by atoms with E-state index in [0.717, 1.165) is 10.6 Å². The number of amides is 1. The Labute approximate surface area is 168 Å². The van der Waals surface area contributed by atoms with Gasteiger partial charge in [0.1, 0.15) is 23.8 Å². The van der Waals surface area contributed by atoms with Gasteiger partial charge in [0.05, 0.1) is 19.1 Å². The van der Waals surface area contributed by atoms with Gasteiger partial charge in [-0.05, 0) is 35.9 Å². The Kier molecular flexibility index (Phi) is 5.32. The van der Waals surface area contributed by atoms with Gasteiger partial charge in [-0.25, -0.2) is 9.03 Å². The SMILES string of the molecule is COc1ccc(OS(C)(=O)=O)c(Cc2ccc(N3CC(=O)NS3(=O)=O)c(O)c2)c1. The van der Waals surface area contributed by atoms with Gasteiger partial charge in [-0.1, -0.05) is 6.07 Å². The number of carbonyl (C=O) groups excluding carboxylic acids is 1. The van der Waals surface area contributed by atoms with Crippen LogP contribution in [0.3, 0.4) is 0 Å². The predicted octanol–water partition coefficient (Wildman–Crippen LogP) is 0.511. The predicted molar refractivity (Wildman–Crippen MR) is 104 cm³/mol. The summed E-state index contributed by atoms with van der Waals surface area (Å²) in [6, 6.07) is 8.84. The van der Waals surface area contributed by atoms with E-state index in [-0.39, 0.29) is 23.6 Å². The number of phenols is 1. The van der Waals surface area contributed by atoms with Crippen LogP contribution in [0, 0.1) is 0 Å². The van der Waals surface area contributed by atoms with Crippen LogP contribution in [0.5, 0.6) is 17.2 Å². The lowest BCUT2D eigenvalue weighted by molar-refractivity contribution is -0.117. The number of hydrogen-bond donors (Lipinski definition) is 2. The molecule has 1 aliphatic rings. The van der Waals surface area contributed by atoms with Crippen LogP contribution < -0.4 is 17.9 Å². The first-order valence-electron chi connectivity index (χ1n) is 8.20. The number of nitrogens with zero attached hydrogens (tertiary/aromatic N) is 1. The van der Waals surface area contributed by atoms with Gasteiger partial charge in [0.2, 0.25) is 0 Å². The summed E-state index contributed by atoms with van der Waals surface area (Å²) in [6.45, 7) is -0.433. The van der Waals surface area contributed by atoms with E-state index in [2.05, 4.69) is 0 Å². The Morgan fingerprint density at radius 2 is 1.93 bits per heavy atom. The van der Waals surface area contributed by atoms with Crippen LogP contribution in [0.15, 0.2) is 36.4 Å². The highest BCUT2D eigenvalue weighted by Gasteiger charge is 2.35. The first-order chi connectivity index (χ1) is 13.5. The lowest BCUT2D eigenvalue weighted by atomic mass is 10.0. The molecule has 0 bridgehead atoms. The fraction of sp³-hybridized carbons (Fsp3) is 0.235. The molecule has 1 amide bonds. The second-order valence-corrected chi connectivity index (χ2v) is 9.47. The minimum Gasteiger partial charge on any atom is -0.506 e. The van der Waals surface area contributed by atoms with Gasteiger partial charge < -0.3 is 14.0 Å². The summed E-state index contributed by atoms with van der Waals surface area (Å²) < 4.78 is 59.6. The maximum atomic E-state index is 11.9. The number of anilines is 1. The van der Waals surface area contributed by atoms with E-state index < -0.39 is 32.8 Å². The first-order valence-corrected chi connectivity index (χ1v) is 11.5. The molecule has 0 aliphatic carbocycles. The molecule has 1 heterocycles. The van der Waals surface area contributed by atoms with E-state index in [9.17, 15) is 26.7 Å². The van der Waals surface area contributed by atoms with Crippen molar-refractivity contribution >= 4 is 31.9 Å². The van der Waals surface area contributed by atoms with Gasteiger partial charge in [-0.15, -0.1) is 0 Å². The van der Waals surface area contributed by atoms with Gasteiger partial charge >= 0.3 is 20.3 Å². The average molecular weight is 442 g/mol. The molecule has 2 N–H and O–H groups in total. The van der Waals surface area contributed by atoms with Crippen molar-refractivity contribution in [2.75, 3.05) is 24.2 Å². The van der Waals surface area contributed by atoms with E-state index in [1.165, 1.54) is 25.3 Å². The number of methoxy groups -OCH3 is 1. The van der Waals surface area contributed by atoms with Crippen LogP contribution in [0.1, 0.15) is 11.1 Å². The molecule has 1 fully saturated rings. The molecule has 10 nitrogen and oxygen atoms in total. The zero-order chi connectivity index (χ0) is 21.4. The summed E-state index contributed by atoms with van der Waals surface area (Å²) in [5, 5.41) is 10.3. The largest absolute Gasteiger partial charge is 0.506 e. The van der Waals surface area contributed by atoms with Crippen molar-refractivity contribution in [3.05, 3.63) is 47.5 Å². The summed E-state index contributed by atoms with van der Waals surface area (Å²) >= 11 is 0. The highest BCUT2D eigenvalue weighted by atomic mass is 32.2. The maximum absolute atomic E-state index is 11.9. The van der Waals surface area contributed by atoms with E-state index in [0.29, 0.717) is 16.9 Å². The van der Waals surface area contributed by atoms with E-state index in [1.807, 2.05) is 4.72 Å². The molecule has 0 aromatic heterocycles. The van der Waals surface area contributed by atoms with Gasteiger partial charge in [-0.2, -0.15) is 16.8 Å². The summed E-state index contributed by atoms with van der Waals surface area (Å²) in [6.07, 6.45) is 1.09. The first kappa shape index (κ1) is 20.7. The molecule has 2 aromatic carbocycles. The van der Waals surface area contributed by atoms with Crippen LogP contribution in [0.25, 0.3) is 0 Å². The number of carbonyl (C=O) groups is 1. The zero-order valence-electron chi connectivity index (χ0n) is 15.4. The number of rotatable bonds is 6. The van der Waals surface area contributed by atoms with Crippen molar-refractivity contribution in [2.24, 2.45) is 0 Å². The summed E-state index contributed by atoms with van der Waals surface area (Å²) in [5.74, 6) is -0.466. The van der Waals surface area contributed by atoms with E-state index in [4.69, 9.17) is 8.92 Å². The molecule has 29 heavy (non-hydrogen) atoms. The fourth-order valence-electron chi connectivity index (χ4n) is 2.84. The van der Waals surface area contributed by atoms with Crippen molar-refractivity contribution in [3.63, 3.8) is 0 Å². The topological polar surface area (TPSA) is 139 Å². The third-order valence-corrected chi connectivity index (χ3v) is 5.91. The minimum atomic E-state index is -4.05. The van der Waals surface area contributed by atoms with Gasteiger partial charge in [0.15, 0.2) is 0 Å². The van der Waals surface area contributed by atoms with Crippen molar-refractivity contribution in [1.82, 2.24) is 4.72 Å². The molecule has 3 rings (SSSR count). The normalized spacial score (nSPS) is 15.8. The molecule has 1 aliphatic heterocycles. The molecule has 1 saturated heterocycles. The summed E-state index contributed by atoms with van der Waals surface area (Å²) in [5.41, 5.74) is 0.978. The Balaban J connectivity index is 1.93. The lowest BCUT2D eigenvalue weighted by Crippen LogP contribution is -2.29. The number of ether oxygens (including phenoxy) is 1. The molecule has 0 radical (unpaired) electrons. The molecular weight excluding hydrogens is 424 g/mol. The lowest BCUT2D eigenvalue weighted by Gasteiger charge is -2.17. The third kappa shape index (κ3) is 4.71. The third-order valence-electron chi connectivity index (χ3n) is 4.03. The Bertz CT molecular complexity index is 1180. The highest BCUT2D eigenvalue weighted by Crippen LogP contribution is 2.33. The van der Waals surface area contributed by atoms with Gasteiger partial charge in [-0.3, -0.25) is 4.79 Å². The van der Waals surface area contributed by atoms with Gasteiger partial charge in [0.25, 0.3) is 5.91 Å². The molecule has 12 heteroatoms. The monoisotopic (exact) mass is 442 g/mol. The molecule has 2 aromatic rings. The standard InChI is InChI=1S/C17H18N2O8S2/c1-26-13-4-6-16(27-28(2,22)23)12(9-13)7-11-3-5-14(15(20)8-11)19-10-17(21)18-29(19,24)25/h3-6,8-9,20H,7,10H2,1-2H3,(H,18,21). The molecule has 0 atom stereocenters. The highest BCUT2D eigenvalue weighted by molar-refractivity contribution is 7.92. The Morgan fingerprint density at radius 3 is 2.48 bits per heavy atom. The molecule has 156 valence electrons. The Hall–Kier alpha value is -2.99. The van der Waals surface area contributed by atoms with Crippen LogP contribution in [-0.2, 0) is 31.5 Å². The van der Waals surface area contributed by atoms with E-state index in [1.54, 1.807) is 18.2 Å².